The third kappa shape index (κ3) is 7.88. The number of nitrogens with one attached hydrogen (secondary N) is 1. The van der Waals surface area contributed by atoms with Gasteiger partial charge in [0.2, 0.25) is 21.8 Å². The van der Waals surface area contributed by atoms with E-state index in [1.807, 2.05) is 31.2 Å². The molecule has 0 unspecified atom stereocenters. The molecule has 0 bridgehead atoms. The number of sulfonamides is 1. The summed E-state index contributed by atoms with van der Waals surface area (Å²) in [4.78, 5) is 27.4. The van der Waals surface area contributed by atoms with E-state index in [0.29, 0.717) is 6.54 Å². The summed E-state index contributed by atoms with van der Waals surface area (Å²) in [5, 5.41) is 3.19. The lowest BCUT2D eigenvalue weighted by atomic mass is 10.1. The fraction of sp³-hybridized carbons (Fsp3) is 0.364. The molecule has 1 atom stereocenters. The average molecular weight is 579 g/mol. The second-order valence-corrected chi connectivity index (χ2v) is 11.1. The van der Waals surface area contributed by atoms with Gasteiger partial charge in [-0.3, -0.25) is 13.9 Å². The Kier molecular flexibility index (Phi) is 10.0. The van der Waals surface area contributed by atoms with Gasteiger partial charge < -0.3 is 10.2 Å². The van der Waals surface area contributed by atoms with Crippen molar-refractivity contribution < 1.29 is 18.0 Å². The van der Waals surface area contributed by atoms with Gasteiger partial charge in [0.1, 0.15) is 12.6 Å². The zero-order chi connectivity index (χ0) is 24.8. The lowest BCUT2D eigenvalue weighted by molar-refractivity contribution is -0.139. The molecule has 2 rings (SSSR count). The van der Waals surface area contributed by atoms with Gasteiger partial charge in [-0.1, -0.05) is 58.2 Å². The third-order valence-corrected chi connectivity index (χ3v) is 7.05. The van der Waals surface area contributed by atoms with E-state index in [1.54, 1.807) is 6.92 Å². The molecule has 0 fully saturated rings. The highest BCUT2D eigenvalue weighted by Gasteiger charge is 2.30. The SMILES string of the molecule is CCCNC(=O)[C@H](C)N(Cc1ccc(Br)cc1)C(=O)CN(c1cc(Cl)ccc1Cl)S(C)(=O)=O. The number of rotatable bonds is 10. The zero-order valence-electron chi connectivity index (χ0n) is 18.5. The molecule has 2 amide bonds. The van der Waals surface area contributed by atoms with Crippen LogP contribution in [0.15, 0.2) is 46.9 Å². The summed E-state index contributed by atoms with van der Waals surface area (Å²) in [6.07, 6.45) is 1.72. The van der Waals surface area contributed by atoms with Crippen molar-refractivity contribution in [3.05, 3.63) is 62.5 Å². The molecule has 0 radical (unpaired) electrons. The van der Waals surface area contributed by atoms with Crippen LogP contribution in [0.2, 0.25) is 10.0 Å². The molecule has 0 saturated carbocycles. The van der Waals surface area contributed by atoms with Crippen LogP contribution in [0.5, 0.6) is 0 Å². The first-order chi connectivity index (χ1) is 15.4. The first-order valence-electron chi connectivity index (χ1n) is 10.2. The van der Waals surface area contributed by atoms with Crippen LogP contribution in [0.4, 0.5) is 5.69 Å². The third-order valence-electron chi connectivity index (χ3n) is 4.84. The topological polar surface area (TPSA) is 86.8 Å². The van der Waals surface area contributed by atoms with Crippen LogP contribution in [-0.4, -0.2) is 50.5 Å². The first-order valence-corrected chi connectivity index (χ1v) is 13.6. The Morgan fingerprint density at radius 2 is 1.76 bits per heavy atom. The van der Waals surface area contributed by atoms with Gasteiger partial charge in [-0.2, -0.15) is 0 Å². The average Bonchev–Trinajstić information content (AvgIpc) is 2.75. The molecule has 0 spiro atoms. The number of halogens is 3. The monoisotopic (exact) mass is 577 g/mol. The predicted octanol–water partition coefficient (Wildman–Crippen LogP) is 4.47. The molecule has 1 N–H and O–H groups in total. The lowest BCUT2D eigenvalue weighted by Crippen LogP contribution is -2.51. The Morgan fingerprint density at radius 1 is 1.12 bits per heavy atom. The molecule has 33 heavy (non-hydrogen) atoms. The fourth-order valence-corrected chi connectivity index (χ4v) is 4.59. The molecule has 0 aromatic heterocycles. The maximum Gasteiger partial charge on any atom is 0.244 e. The Balaban J connectivity index is 2.40. The molecule has 0 aliphatic heterocycles. The van der Waals surface area contributed by atoms with Crippen molar-refractivity contribution in [3.8, 4) is 0 Å². The van der Waals surface area contributed by atoms with E-state index in [1.165, 1.54) is 23.1 Å². The molecule has 0 heterocycles. The van der Waals surface area contributed by atoms with Gasteiger partial charge in [-0.05, 0) is 49.2 Å². The highest BCUT2D eigenvalue weighted by atomic mass is 79.9. The quantitative estimate of drug-likeness (QED) is 0.451. The number of carbonyl (C=O) groups excluding carboxylic acids is 2. The van der Waals surface area contributed by atoms with Crippen LogP contribution in [0.3, 0.4) is 0 Å². The van der Waals surface area contributed by atoms with Gasteiger partial charge in [0, 0.05) is 22.6 Å². The summed E-state index contributed by atoms with van der Waals surface area (Å²) in [6.45, 7) is 3.58. The molecule has 0 aliphatic carbocycles. The number of nitrogens with zero attached hydrogens (tertiary/aromatic N) is 2. The minimum Gasteiger partial charge on any atom is -0.354 e. The number of hydrogen-bond acceptors (Lipinski definition) is 4. The summed E-state index contributed by atoms with van der Waals surface area (Å²) in [5.74, 6) is -0.882. The van der Waals surface area contributed by atoms with Crippen LogP contribution < -0.4 is 9.62 Å². The fourth-order valence-electron chi connectivity index (χ4n) is 3.04. The summed E-state index contributed by atoms with van der Waals surface area (Å²) in [6, 6.07) is 10.8. The van der Waals surface area contributed by atoms with Crippen LogP contribution in [0.1, 0.15) is 25.8 Å². The number of anilines is 1. The van der Waals surface area contributed by atoms with Crippen molar-refractivity contribution in [2.24, 2.45) is 0 Å². The maximum atomic E-state index is 13.4. The number of hydrogen-bond donors (Lipinski definition) is 1. The Labute approximate surface area is 213 Å². The van der Waals surface area contributed by atoms with E-state index in [-0.39, 0.29) is 28.2 Å². The van der Waals surface area contributed by atoms with Crippen LogP contribution in [0.25, 0.3) is 0 Å². The minimum atomic E-state index is -3.89. The Morgan fingerprint density at radius 3 is 2.33 bits per heavy atom. The molecule has 2 aromatic rings. The van der Waals surface area contributed by atoms with Crippen molar-refractivity contribution in [1.82, 2.24) is 10.2 Å². The van der Waals surface area contributed by atoms with Crippen molar-refractivity contribution in [2.75, 3.05) is 23.7 Å². The highest BCUT2D eigenvalue weighted by molar-refractivity contribution is 9.10. The molecule has 2 aromatic carbocycles. The highest BCUT2D eigenvalue weighted by Crippen LogP contribution is 2.31. The van der Waals surface area contributed by atoms with Gasteiger partial charge in [0.15, 0.2) is 0 Å². The summed E-state index contributed by atoms with van der Waals surface area (Å²) in [5.41, 5.74) is 0.875. The lowest BCUT2D eigenvalue weighted by Gasteiger charge is -2.31. The van der Waals surface area contributed by atoms with Crippen LogP contribution >= 0.6 is 39.1 Å². The van der Waals surface area contributed by atoms with Gasteiger partial charge in [-0.25, -0.2) is 8.42 Å². The van der Waals surface area contributed by atoms with E-state index in [0.717, 1.165) is 27.0 Å². The molecule has 180 valence electrons. The standard InChI is InChI=1S/C22H26BrCl2N3O4S/c1-4-11-26-22(30)15(2)27(13-16-5-7-17(23)8-6-16)21(29)14-28(33(3,31)32)20-12-18(24)9-10-19(20)25/h5-10,12,15H,4,11,13-14H2,1-3H3,(H,26,30)/t15-/m0/s1. The van der Waals surface area contributed by atoms with E-state index in [9.17, 15) is 18.0 Å². The van der Waals surface area contributed by atoms with Crippen LogP contribution in [0, 0.1) is 0 Å². The van der Waals surface area contributed by atoms with Gasteiger partial charge in [0.05, 0.1) is 17.0 Å². The smallest absolute Gasteiger partial charge is 0.244 e. The number of carbonyl (C=O) groups is 2. The van der Waals surface area contributed by atoms with Gasteiger partial charge in [0.25, 0.3) is 0 Å². The second-order valence-electron chi connectivity index (χ2n) is 7.48. The molecule has 0 saturated heterocycles. The minimum absolute atomic E-state index is 0.0895. The summed E-state index contributed by atoms with van der Waals surface area (Å²) < 4.78 is 26.9. The number of benzene rings is 2. The van der Waals surface area contributed by atoms with E-state index in [2.05, 4.69) is 21.2 Å². The summed E-state index contributed by atoms with van der Waals surface area (Å²) >= 11 is 15.6. The van der Waals surface area contributed by atoms with E-state index >= 15 is 0 Å². The molecule has 11 heteroatoms. The van der Waals surface area contributed by atoms with Crippen molar-refractivity contribution in [2.45, 2.75) is 32.9 Å². The maximum absolute atomic E-state index is 13.4. The zero-order valence-corrected chi connectivity index (χ0v) is 22.4. The summed E-state index contributed by atoms with van der Waals surface area (Å²) in [7, 11) is -3.89. The van der Waals surface area contributed by atoms with Crippen molar-refractivity contribution >= 4 is 66.7 Å². The van der Waals surface area contributed by atoms with Crippen molar-refractivity contribution in [3.63, 3.8) is 0 Å². The van der Waals surface area contributed by atoms with Gasteiger partial charge in [-0.15, -0.1) is 0 Å². The Hall–Kier alpha value is -1.81. The second kappa shape index (κ2) is 12.1. The first kappa shape index (κ1) is 27.4. The van der Waals surface area contributed by atoms with Gasteiger partial charge >= 0.3 is 0 Å². The largest absolute Gasteiger partial charge is 0.354 e. The molecular weight excluding hydrogens is 553 g/mol. The molecular formula is C22H26BrCl2N3O4S. The number of amides is 2. The normalized spacial score (nSPS) is 12.2. The van der Waals surface area contributed by atoms with Crippen molar-refractivity contribution in [1.29, 1.82) is 0 Å². The van der Waals surface area contributed by atoms with Crippen LogP contribution in [-0.2, 0) is 26.2 Å². The molecule has 7 nitrogen and oxygen atoms in total. The Bertz CT molecular complexity index is 1100. The van der Waals surface area contributed by atoms with E-state index in [4.69, 9.17) is 23.2 Å². The van der Waals surface area contributed by atoms with E-state index < -0.39 is 28.5 Å². The molecule has 0 aliphatic rings. The predicted molar refractivity (Wildman–Crippen MR) is 136 cm³/mol.